The third kappa shape index (κ3) is 2.62. The van der Waals surface area contributed by atoms with Gasteiger partial charge >= 0.3 is 5.69 Å². The van der Waals surface area contributed by atoms with Gasteiger partial charge in [-0.05, 0) is 6.92 Å². The van der Waals surface area contributed by atoms with Gasteiger partial charge in [-0.15, -0.1) is 0 Å². The van der Waals surface area contributed by atoms with Gasteiger partial charge in [0.15, 0.2) is 6.23 Å². The van der Waals surface area contributed by atoms with E-state index in [2.05, 4.69) is 27.6 Å². The number of aromatic amines is 1. The van der Waals surface area contributed by atoms with Gasteiger partial charge in [0.25, 0.3) is 5.56 Å². The maximum atomic E-state index is 11.8. The van der Waals surface area contributed by atoms with Crippen molar-refractivity contribution >= 4 is 22.6 Å². The number of aryl methyl sites for hydroxylation is 1. The summed E-state index contributed by atoms with van der Waals surface area (Å²) in [6.07, 6.45) is 0.00331. The minimum absolute atomic E-state index is 0.0864. The number of ether oxygens (including phenoxy) is 2. The van der Waals surface area contributed by atoms with E-state index in [0.29, 0.717) is 5.56 Å². The van der Waals surface area contributed by atoms with Crippen LogP contribution in [-0.2, 0) is 9.47 Å². The topological polar surface area (TPSA) is 93.5 Å². The molecule has 0 radical (unpaired) electrons. The van der Waals surface area contributed by atoms with Gasteiger partial charge < -0.3 is 14.6 Å². The van der Waals surface area contributed by atoms with Crippen LogP contribution in [0.1, 0.15) is 11.8 Å². The lowest BCUT2D eigenvalue weighted by atomic mass is 10.2. The minimum Gasteiger partial charge on any atom is -0.394 e. The minimum atomic E-state index is -0.660. The number of methoxy groups -OCH3 is 1. The van der Waals surface area contributed by atoms with E-state index in [1.165, 1.54) is 17.9 Å². The molecule has 0 bridgehead atoms. The number of alkyl halides is 1. The number of H-pyrrole nitrogens is 1. The fourth-order valence-electron chi connectivity index (χ4n) is 2.09. The molecule has 7 nitrogen and oxygen atoms in total. The Labute approximate surface area is 122 Å². The number of nitrogens with one attached hydrogen (secondary N) is 1. The number of hydrogen-bond donors (Lipinski definition) is 2. The fourth-order valence-corrected chi connectivity index (χ4v) is 3.14. The van der Waals surface area contributed by atoms with E-state index >= 15 is 0 Å². The SMILES string of the molecule is CO[C@@H]1[C@@H](I)[C@@H](CO)O[C@H]1n1cc(C)c(=O)[nH]c1=O. The van der Waals surface area contributed by atoms with Crippen LogP contribution in [0, 0.1) is 6.92 Å². The van der Waals surface area contributed by atoms with E-state index in [0.717, 1.165) is 0 Å². The second-order valence-corrected chi connectivity index (χ2v) is 5.81. The molecule has 2 heterocycles. The van der Waals surface area contributed by atoms with Gasteiger partial charge in [0.1, 0.15) is 6.10 Å². The summed E-state index contributed by atoms with van der Waals surface area (Å²) in [4.78, 5) is 25.4. The molecule has 0 unspecified atom stereocenters. The molecule has 0 saturated carbocycles. The lowest BCUT2D eigenvalue weighted by molar-refractivity contribution is -0.0626. The standard InChI is InChI=1S/C11H15IN2O5/c1-5-3-14(11(17)13-9(5)16)10-8(18-2)7(12)6(4-15)19-10/h3,6-8,10,15H,4H2,1-2H3,(H,13,16,17)/t6-,7+,8-,10-/m1/s1. The van der Waals surface area contributed by atoms with Crippen LogP contribution in [0.2, 0.25) is 0 Å². The highest BCUT2D eigenvalue weighted by Crippen LogP contribution is 2.35. The van der Waals surface area contributed by atoms with Crippen LogP contribution in [0.25, 0.3) is 0 Å². The number of aliphatic hydroxyl groups excluding tert-OH is 1. The normalized spacial score (nSPS) is 30.7. The zero-order valence-electron chi connectivity index (χ0n) is 10.5. The van der Waals surface area contributed by atoms with Crippen molar-refractivity contribution in [1.82, 2.24) is 9.55 Å². The number of rotatable bonds is 3. The van der Waals surface area contributed by atoms with Crippen LogP contribution in [-0.4, -0.2) is 44.5 Å². The number of aliphatic hydroxyl groups is 1. The fraction of sp³-hybridized carbons (Fsp3) is 0.636. The quantitative estimate of drug-likeness (QED) is 0.546. The first-order valence-electron chi connectivity index (χ1n) is 5.74. The summed E-state index contributed by atoms with van der Waals surface area (Å²) in [5, 5.41) is 9.25. The van der Waals surface area contributed by atoms with Crippen LogP contribution in [0.3, 0.4) is 0 Å². The molecule has 2 N–H and O–H groups in total. The molecule has 1 aromatic heterocycles. The number of hydrogen-bond acceptors (Lipinski definition) is 5. The third-order valence-corrected chi connectivity index (χ3v) is 4.65. The Morgan fingerprint density at radius 1 is 1.58 bits per heavy atom. The first-order valence-corrected chi connectivity index (χ1v) is 6.99. The Balaban J connectivity index is 2.44. The molecule has 1 aromatic rings. The van der Waals surface area contributed by atoms with Crippen LogP contribution in [0.4, 0.5) is 0 Å². The number of halogens is 1. The van der Waals surface area contributed by atoms with Gasteiger partial charge in [-0.2, -0.15) is 0 Å². The average molecular weight is 382 g/mol. The van der Waals surface area contributed by atoms with Crippen LogP contribution in [0.5, 0.6) is 0 Å². The average Bonchev–Trinajstić information content (AvgIpc) is 2.70. The molecule has 106 valence electrons. The molecule has 0 spiro atoms. The van der Waals surface area contributed by atoms with Gasteiger partial charge in [-0.1, -0.05) is 22.6 Å². The Kier molecular flexibility index (Phi) is 4.43. The van der Waals surface area contributed by atoms with Gasteiger partial charge in [-0.3, -0.25) is 14.3 Å². The Morgan fingerprint density at radius 2 is 2.26 bits per heavy atom. The first kappa shape index (κ1) is 14.7. The zero-order valence-corrected chi connectivity index (χ0v) is 12.7. The van der Waals surface area contributed by atoms with E-state index in [1.807, 2.05) is 0 Å². The second kappa shape index (κ2) is 5.73. The maximum absolute atomic E-state index is 11.8. The van der Waals surface area contributed by atoms with Crippen LogP contribution < -0.4 is 11.2 Å². The Morgan fingerprint density at radius 3 is 2.84 bits per heavy atom. The molecule has 1 fully saturated rings. The molecule has 0 aromatic carbocycles. The third-order valence-electron chi connectivity index (χ3n) is 3.14. The summed E-state index contributed by atoms with van der Waals surface area (Å²) in [6, 6.07) is 0. The lowest BCUT2D eigenvalue weighted by Crippen LogP contribution is -2.38. The molecule has 2 rings (SSSR count). The van der Waals surface area contributed by atoms with Crippen molar-refractivity contribution in [2.45, 2.75) is 29.3 Å². The molecule has 8 heteroatoms. The molecule has 1 aliphatic heterocycles. The highest BCUT2D eigenvalue weighted by molar-refractivity contribution is 14.1. The first-order chi connectivity index (χ1) is 8.99. The predicted molar refractivity (Wildman–Crippen MR) is 75.7 cm³/mol. The van der Waals surface area contributed by atoms with Gasteiger partial charge in [0.05, 0.1) is 16.6 Å². The van der Waals surface area contributed by atoms with E-state index in [-0.39, 0.29) is 16.6 Å². The molecule has 1 saturated heterocycles. The van der Waals surface area contributed by atoms with Crippen molar-refractivity contribution in [3.8, 4) is 0 Å². The van der Waals surface area contributed by atoms with Crippen molar-refractivity contribution in [2.75, 3.05) is 13.7 Å². The largest absolute Gasteiger partial charge is 0.394 e. The summed E-state index contributed by atoms with van der Waals surface area (Å²) in [7, 11) is 1.52. The Bertz CT molecular complexity index is 569. The van der Waals surface area contributed by atoms with Gasteiger partial charge in [-0.25, -0.2) is 4.79 Å². The van der Waals surface area contributed by atoms with E-state index < -0.39 is 23.6 Å². The highest BCUT2D eigenvalue weighted by Gasteiger charge is 2.44. The van der Waals surface area contributed by atoms with Crippen LogP contribution >= 0.6 is 22.6 Å². The molecule has 0 aliphatic carbocycles. The summed E-state index contributed by atoms with van der Waals surface area (Å²) in [6.45, 7) is 1.46. The van der Waals surface area contributed by atoms with Crippen molar-refractivity contribution < 1.29 is 14.6 Å². The zero-order chi connectivity index (χ0) is 14.2. The van der Waals surface area contributed by atoms with Crippen LogP contribution in [0.15, 0.2) is 15.8 Å². The van der Waals surface area contributed by atoms with Crippen molar-refractivity contribution in [1.29, 1.82) is 0 Å². The molecule has 19 heavy (non-hydrogen) atoms. The predicted octanol–water partition coefficient (Wildman–Crippen LogP) is -0.447. The number of nitrogens with zero attached hydrogens (tertiary/aromatic N) is 1. The van der Waals surface area contributed by atoms with E-state index in [1.54, 1.807) is 6.92 Å². The number of aromatic nitrogens is 2. The summed E-state index contributed by atoms with van der Waals surface area (Å²) < 4.78 is 12.2. The summed E-state index contributed by atoms with van der Waals surface area (Å²) in [5.41, 5.74) is -0.557. The molecular weight excluding hydrogens is 367 g/mol. The van der Waals surface area contributed by atoms with Crippen molar-refractivity contribution in [2.24, 2.45) is 0 Å². The monoisotopic (exact) mass is 382 g/mol. The maximum Gasteiger partial charge on any atom is 0.330 e. The van der Waals surface area contributed by atoms with Gasteiger partial charge in [0, 0.05) is 18.9 Å². The lowest BCUT2D eigenvalue weighted by Gasteiger charge is -2.20. The van der Waals surface area contributed by atoms with Crippen molar-refractivity contribution in [3.05, 3.63) is 32.6 Å². The van der Waals surface area contributed by atoms with E-state index in [9.17, 15) is 14.7 Å². The van der Waals surface area contributed by atoms with Gasteiger partial charge in [0.2, 0.25) is 0 Å². The smallest absolute Gasteiger partial charge is 0.330 e. The molecular formula is C11H15IN2O5. The molecule has 4 atom stereocenters. The summed E-state index contributed by atoms with van der Waals surface area (Å²) >= 11 is 2.13. The molecule has 1 aliphatic rings. The van der Waals surface area contributed by atoms with Crippen molar-refractivity contribution in [3.63, 3.8) is 0 Å². The second-order valence-electron chi connectivity index (χ2n) is 4.37. The molecule has 0 amide bonds. The highest BCUT2D eigenvalue weighted by atomic mass is 127. The Hall–Kier alpha value is -0.710. The summed E-state index contributed by atoms with van der Waals surface area (Å²) in [5.74, 6) is 0. The van der Waals surface area contributed by atoms with E-state index in [4.69, 9.17) is 9.47 Å².